The third-order valence-electron chi connectivity index (χ3n) is 6.92. The number of carbonyl (C=O) groups excluding carboxylic acids is 3. The minimum Gasteiger partial charge on any atom is -0.469 e. The van der Waals surface area contributed by atoms with Gasteiger partial charge < -0.3 is 19.7 Å². The number of hydrogen-bond donors (Lipinski definition) is 1. The molecule has 1 saturated heterocycles. The molecular formula is C31H34N2O5. The van der Waals surface area contributed by atoms with Crippen molar-refractivity contribution < 1.29 is 23.9 Å². The maximum Gasteiger partial charge on any atom is 0.408 e. The number of carbonyl (C=O) groups is 3. The maximum absolute atomic E-state index is 13.5. The van der Waals surface area contributed by atoms with Gasteiger partial charge in [-0.25, -0.2) is 4.79 Å². The summed E-state index contributed by atoms with van der Waals surface area (Å²) >= 11 is 0. The van der Waals surface area contributed by atoms with Crippen molar-refractivity contribution in [1.29, 1.82) is 0 Å². The first-order valence-electron chi connectivity index (χ1n) is 13.0. The molecule has 38 heavy (non-hydrogen) atoms. The second kappa shape index (κ2) is 13.4. The molecule has 198 valence electrons. The molecule has 1 N–H and O–H groups in total. The van der Waals surface area contributed by atoms with E-state index in [4.69, 9.17) is 9.47 Å². The highest BCUT2D eigenvalue weighted by Gasteiger charge is 2.30. The predicted molar refractivity (Wildman–Crippen MR) is 144 cm³/mol. The molecule has 0 spiro atoms. The van der Waals surface area contributed by atoms with E-state index in [0.717, 1.165) is 29.5 Å². The van der Waals surface area contributed by atoms with E-state index in [-0.39, 0.29) is 24.9 Å². The standard InChI is InChI=1S/C31H34N2O5/c1-37-29(34)21-24-12-14-26(15-13-24)27-16-18-33(19-17-27)30(35)28(20-23-8-4-2-5-9-23)32-31(36)38-22-25-10-6-3-7-11-25/h2-15,27-28H,16-22H2,1H3,(H,32,36). The quantitative estimate of drug-likeness (QED) is 0.421. The Labute approximate surface area is 223 Å². The van der Waals surface area contributed by atoms with Gasteiger partial charge in [0.25, 0.3) is 0 Å². The fourth-order valence-electron chi connectivity index (χ4n) is 4.76. The van der Waals surface area contributed by atoms with E-state index in [0.29, 0.717) is 25.4 Å². The molecular weight excluding hydrogens is 480 g/mol. The highest BCUT2D eigenvalue weighted by Crippen LogP contribution is 2.29. The molecule has 7 nitrogen and oxygen atoms in total. The number of alkyl carbamates (subject to hydrolysis) is 1. The Bertz CT molecular complexity index is 1190. The van der Waals surface area contributed by atoms with Crippen LogP contribution in [0.5, 0.6) is 0 Å². The average Bonchev–Trinajstić information content (AvgIpc) is 2.97. The van der Waals surface area contributed by atoms with Crippen molar-refractivity contribution in [1.82, 2.24) is 10.2 Å². The van der Waals surface area contributed by atoms with Gasteiger partial charge in [-0.3, -0.25) is 9.59 Å². The Morgan fingerprint density at radius 2 is 1.45 bits per heavy atom. The summed E-state index contributed by atoms with van der Waals surface area (Å²) in [6.07, 6.45) is 1.71. The number of methoxy groups -OCH3 is 1. The lowest BCUT2D eigenvalue weighted by atomic mass is 9.88. The van der Waals surface area contributed by atoms with Crippen molar-refractivity contribution in [2.24, 2.45) is 0 Å². The van der Waals surface area contributed by atoms with Gasteiger partial charge in [-0.15, -0.1) is 0 Å². The molecule has 0 radical (unpaired) electrons. The van der Waals surface area contributed by atoms with E-state index in [2.05, 4.69) is 17.4 Å². The zero-order valence-corrected chi connectivity index (χ0v) is 21.7. The average molecular weight is 515 g/mol. The molecule has 1 aliphatic heterocycles. The number of hydrogen-bond acceptors (Lipinski definition) is 5. The lowest BCUT2D eigenvalue weighted by molar-refractivity contribution is -0.139. The number of esters is 1. The van der Waals surface area contributed by atoms with E-state index in [9.17, 15) is 14.4 Å². The number of benzene rings is 3. The van der Waals surface area contributed by atoms with E-state index in [1.54, 1.807) is 0 Å². The van der Waals surface area contributed by atoms with Crippen molar-refractivity contribution >= 4 is 18.0 Å². The fourth-order valence-corrected chi connectivity index (χ4v) is 4.76. The molecule has 0 saturated carbocycles. The fraction of sp³-hybridized carbons (Fsp3) is 0.323. The molecule has 1 atom stereocenters. The molecule has 2 amide bonds. The van der Waals surface area contributed by atoms with E-state index in [1.807, 2.05) is 77.7 Å². The van der Waals surface area contributed by atoms with Crippen LogP contribution in [0.25, 0.3) is 0 Å². The summed E-state index contributed by atoms with van der Waals surface area (Å²) in [4.78, 5) is 39.5. The number of rotatable bonds is 9. The van der Waals surface area contributed by atoms with Crippen LogP contribution >= 0.6 is 0 Å². The summed E-state index contributed by atoms with van der Waals surface area (Å²) in [5.74, 6) is -0.0211. The topological polar surface area (TPSA) is 84.9 Å². The monoisotopic (exact) mass is 514 g/mol. The molecule has 1 unspecified atom stereocenters. The smallest absolute Gasteiger partial charge is 0.408 e. The minimum absolute atomic E-state index is 0.0996. The second-order valence-corrected chi connectivity index (χ2v) is 9.54. The molecule has 0 bridgehead atoms. The molecule has 1 aliphatic rings. The van der Waals surface area contributed by atoms with Crippen molar-refractivity contribution in [2.45, 2.75) is 44.2 Å². The SMILES string of the molecule is COC(=O)Cc1ccc(C2CCN(C(=O)C(Cc3ccccc3)NC(=O)OCc3ccccc3)CC2)cc1. The maximum atomic E-state index is 13.5. The number of amides is 2. The zero-order valence-electron chi connectivity index (χ0n) is 21.7. The number of piperidine rings is 1. The minimum atomic E-state index is -0.713. The summed E-state index contributed by atoms with van der Waals surface area (Å²) in [5.41, 5.74) is 3.97. The third kappa shape index (κ3) is 7.68. The van der Waals surface area contributed by atoms with E-state index < -0.39 is 12.1 Å². The van der Waals surface area contributed by atoms with Crippen LogP contribution in [0.4, 0.5) is 4.79 Å². The molecule has 1 heterocycles. The van der Waals surface area contributed by atoms with Crippen LogP contribution in [0.2, 0.25) is 0 Å². The van der Waals surface area contributed by atoms with Gasteiger partial charge in [-0.1, -0.05) is 84.9 Å². The van der Waals surface area contributed by atoms with Crippen LogP contribution in [0.3, 0.4) is 0 Å². The van der Waals surface area contributed by atoms with Crippen LogP contribution in [-0.2, 0) is 38.5 Å². The summed E-state index contributed by atoms with van der Waals surface area (Å²) in [5, 5.41) is 2.81. The van der Waals surface area contributed by atoms with Gasteiger partial charge in [0.1, 0.15) is 12.6 Å². The largest absolute Gasteiger partial charge is 0.469 e. The van der Waals surface area contributed by atoms with Crippen molar-refractivity contribution in [2.75, 3.05) is 20.2 Å². The molecule has 1 fully saturated rings. The zero-order chi connectivity index (χ0) is 26.7. The Morgan fingerprint density at radius 3 is 2.05 bits per heavy atom. The molecule has 0 aromatic heterocycles. The van der Waals surface area contributed by atoms with Gasteiger partial charge >= 0.3 is 12.1 Å². The third-order valence-corrected chi connectivity index (χ3v) is 6.92. The van der Waals surface area contributed by atoms with Gasteiger partial charge in [0.2, 0.25) is 5.91 Å². The van der Waals surface area contributed by atoms with Gasteiger partial charge in [-0.2, -0.15) is 0 Å². The van der Waals surface area contributed by atoms with Crippen molar-refractivity contribution in [3.05, 3.63) is 107 Å². The van der Waals surface area contributed by atoms with Gasteiger partial charge in [0.15, 0.2) is 0 Å². The lowest BCUT2D eigenvalue weighted by Gasteiger charge is -2.34. The normalized spacial score (nSPS) is 14.4. The lowest BCUT2D eigenvalue weighted by Crippen LogP contribution is -2.51. The Hall–Kier alpha value is -4.13. The van der Waals surface area contributed by atoms with Crippen LogP contribution < -0.4 is 5.32 Å². The number of nitrogens with one attached hydrogen (secondary N) is 1. The highest BCUT2D eigenvalue weighted by atomic mass is 16.5. The number of nitrogens with zero attached hydrogens (tertiary/aromatic N) is 1. The summed E-state index contributed by atoms with van der Waals surface area (Å²) in [7, 11) is 1.39. The van der Waals surface area contributed by atoms with Gasteiger partial charge in [-0.05, 0) is 41.0 Å². The van der Waals surface area contributed by atoms with Crippen molar-refractivity contribution in [3.8, 4) is 0 Å². The first-order chi connectivity index (χ1) is 18.5. The van der Waals surface area contributed by atoms with Crippen LogP contribution in [0.15, 0.2) is 84.9 Å². The van der Waals surface area contributed by atoms with Crippen molar-refractivity contribution in [3.63, 3.8) is 0 Å². The van der Waals surface area contributed by atoms with Gasteiger partial charge in [0.05, 0.1) is 13.5 Å². The molecule has 3 aromatic carbocycles. The molecule has 3 aromatic rings. The second-order valence-electron chi connectivity index (χ2n) is 9.54. The van der Waals surface area contributed by atoms with Crippen LogP contribution in [0.1, 0.15) is 41.0 Å². The Kier molecular flexibility index (Phi) is 9.51. The summed E-state index contributed by atoms with van der Waals surface area (Å²) < 4.78 is 10.1. The highest BCUT2D eigenvalue weighted by molar-refractivity contribution is 5.86. The van der Waals surface area contributed by atoms with Gasteiger partial charge in [0, 0.05) is 19.5 Å². The Balaban J connectivity index is 1.35. The predicted octanol–water partition coefficient (Wildman–Crippen LogP) is 4.65. The summed E-state index contributed by atoms with van der Waals surface area (Å²) in [6.45, 7) is 1.36. The summed E-state index contributed by atoms with van der Waals surface area (Å²) in [6, 6.07) is 26.5. The van der Waals surface area contributed by atoms with E-state index >= 15 is 0 Å². The molecule has 4 rings (SSSR count). The first-order valence-corrected chi connectivity index (χ1v) is 13.0. The van der Waals surface area contributed by atoms with Crippen LogP contribution in [-0.4, -0.2) is 49.1 Å². The molecule has 0 aliphatic carbocycles. The molecule has 7 heteroatoms. The Morgan fingerprint density at radius 1 is 0.842 bits per heavy atom. The number of likely N-dealkylation sites (tertiary alicyclic amines) is 1. The van der Waals surface area contributed by atoms with Crippen LogP contribution in [0, 0.1) is 0 Å². The number of ether oxygens (including phenoxy) is 2. The van der Waals surface area contributed by atoms with E-state index in [1.165, 1.54) is 12.7 Å². The first kappa shape index (κ1) is 26.9.